The number of primary amides is 1. The third kappa shape index (κ3) is 45.0. The van der Waals surface area contributed by atoms with Crippen LogP contribution in [0.4, 0.5) is 9.18 Å². The van der Waals surface area contributed by atoms with Crippen molar-refractivity contribution >= 4 is 6.09 Å². The van der Waals surface area contributed by atoms with Crippen LogP contribution in [0.5, 0.6) is 0 Å². The average molecular weight is 135 g/mol. The lowest BCUT2D eigenvalue weighted by Crippen LogP contribution is -2.11. The molecule has 4 heteroatoms. The Hall–Kier alpha value is -1.06. The molecule has 0 atom stereocenters. The Bertz CT molecular complexity index is 85.0. The minimum atomic E-state index is -0.711. The largest absolute Gasteiger partial charge is 0.450 e. The van der Waals surface area contributed by atoms with Crippen LogP contribution >= 0.6 is 0 Å². The van der Waals surface area contributed by atoms with E-state index in [1.54, 1.807) is 6.92 Å². The van der Waals surface area contributed by atoms with E-state index in [4.69, 9.17) is 0 Å². The molecular formula is C5H10FNO2. The van der Waals surface area contributed by atoms with Crippen molar-refractivity contribution in [1.29, 1.82) is 0 Å². The van der Waals surface area contributed by atoms with Crippen LogP contribution in [-0.2, 0) is 4.74 Å². The first kappa shape index (κ1) is 10.8. The number of carbonyl (C=O) groups excluding carboxylic acids is 1. The molecule has 0 aromatic carbocycles. The van der Waals surface area contributed by atoms with E-state index in [9.17, 15) is 9.18 Å². The topological polar surface area (TPSA) is 52.3 Å². The van der Waals surface area contributed by atoms with E-state index in [2.05, 4.69) is 17.0 Å². The van der Waals surface area contributed by atoms with Gasteiger partial charge in [-0.25, -0.2) is 9.18 Å². The summed E-state index contributed by atoms with van der Waals surface area (Å²) in [4.78, 5) is 9.60. The SMILES string of the molecule is C=CF.CCOC(N)=O. The van der Waals surface area contributed by atoms with Crippen LogP contribution in [0.3, 0.4) is 0 Å². The molecule has 0 saturated carbocycles. The van der Waals surface area contributed by atoms with E-state index in [0.717, 1.165) is 0 Å². The zero-order valence-electron chi connectivity index (χ0n) is 5.26. The van der Waals surface area contributed by atoms with Gasteiger partial charge in [-0.15, -0.1) is 0 Å². The molecule has 0 heterocycles. The highest BCUT2D eigenvalue weighted by Gasteiger charge is 1.82. The number of hydrogen-bond donors (Lipinski definition) is 1. The molecule has 0 unspecified atom stereocenters. The summed E-state index contributed by atoms with van der Waals surface area (Å²) in [6.45, 7) is 4.75. The number of halogens is 1. The van der Waals surface area contributed by atoms with Gasteiger partial charge in [-0.05, 0) is 6.92 Å². The van der Waals surface area contributed by atoms with Crippen LogP contribution in [0.15, 0.2) is 12.9 Å². The molecule has 0 bridgehead atoms. The van der Waals surface area contributed by atoms with Crippen LogP contribution in [0.25, 0.3) is 0 Å². The summed E-state index contributed by atoms with van der Waals surface area (Å²) < 4.78 is 14.2. The van der Waals surface area contributed by atoms with E-state index in [1.165, 1.54) is 0 Å². The first-order valence-corrected chi connectivity index (χ1v) is 2.32. The second-order valence-electron chi connectivity index (χ2n) is 0.906. The van der Waals surface area contributed by atoms with Gasteiger partial charge in [0.25, 0.3) is 0 Å². The molecule has 0 aliphatic carbocycles. The number of nitrogens with two attached hydrogens (primary N) is 1. The van der Waals surface area contributed by atoms with E-state index >= 15 is 0 Å². The zero-order chi connectivity index (χ0) is 7.70. The summed E-state index contributed by atoms with van der Waals surface area (Å²) in [6, 6.07) is 0. The Balaban J connectivity index is 0. The summed E-state index contributed by atoms with van der Waals surface area (Å²) in [5, 5.41) is 0. The maximum atomic E-state index is 10.1. The van der Waals surface area contributed by atoms with Crippen LogP contribution < -0.4 is 5.73 Å². The standard InChI is InChI=1S/C3H7NO2.C2H3F/c1-2-6-3(4)5;1-2-3/h2H2,1H3,(H2,4,5);2H,1H2. The second-order valence-corrected chi connectivity index (χ2v) is 0.906. The molecule has 0 fully saturated rings. The third-order valence-corrected chi connectivity index (χ3v) is 0.287. The fraction of sp³-hybridized carbons (Fsp3) is 0.400. The average Bonchev–Trinajstić information content (AvgIpc) is 1.67. The maximum Gasteiger partial charge on any atom is 0.404 e. The molecule has 2 N–H and O–H groups in total. The van der Waals surface area contributed by atoms with E-state index in [1.807, 2.05) is 0 Å². The molecule has 54 valence electrons. The summed E-state index contributed by atoms with van der Waals surface area (Å²) in [7, 11) is 0. The number of carbonyl (C=O) groups is 1. The van der Waals surface area contributed by atoms with Crippen LogP contribution in [0.1, 0.15) is 6.92 Å². The third-order valence-electron chi connectivity index (χ3n) is 0.287. The molecule has 0 aromatic heterocycles. The fourth-order valence-corrected chi connectivity index (χ4v) is 0.142. The molecule has 1 amide bonds. The molecule has 0 aliphatic heterocycles. The van der Waals surface area contributed by atoms with Crippen molar-refractivity contribution in [2.24, 2.45) is 5.73 Å². The van der Waals surface area contributed by atoms with Crippen molar-refractivity contribution in [3.63, 3.8) is 0 Å². The van der Waals surface area contributed by atoms with Crippen molar-refractivity contribution in [3.05, 3.63) is 12.9 Å². The molecule has 0 radical (unpaired) electrons. The fourth-order valence-electron chi connectivity index (χ4n) is 0.142. The molecule has 0 spiro atoms. The molecule has 0 rings (SSSR count). The van der Waals surface area contributed by atoms with Crippen LogP contribution in [0.2, 0.25) is 0 Å². The smallest absolute Gasteiger partial charge is 0.404 e. The maximum absolute atomic E-state index is 10.1. The van der Waals surface area contributed by atoms with Gasteiger partial charge in [-0.3, -0.25) is 0 Å². The normalized spacial score (nSPS) is 6.44. The first-order valence-electron chi connectivity index (χ1n) is 2.32. The summed E-state index contributed by atoms with van der Waals surface area (Å²) >= 11 is 0. The van der Waals surface area contributed by atoms with Gasteiger partial charge in [0.1, 0.15) is 0 Å². The molecule has 3 nitrogen and oxygen atoms in total. The van der Waals surface area contributed by atoms with Gasteiger partial charge < -0.3 is 10.5 Å². The van der Waals surface area contributed by atoms with Crippen molar-refractivity contribution in [2.75, 3.05) is 6.61 Å². The summed E-state index contributed by atoms with van der Waals surface area (Å²) in [6.07, 6.45) is -0.461. The van der Waals surface area contributed by atoms with Gasteiger partial charge in [0.2, 0.25) is 0 Å². The Labute approximate surface area is 53.3 Å². The highest BCUT2D eigenvalue weighted by Crippen LogP contribution is 1.66. The zero-order valence-corrected chi connectivity index (χ0v) is 5.26. The second kappa shape index (κ2) is 10.0. The van der Waals surface area contributed by atoms with Crippen LogP contribution in [0, 0.1) is 0 Å². The van der Waals surface area contributed by atoms with Crippen molar-refractivity contribution in [3.8, 4) is 0 Å². The predicted molar refractivity (Wildman–Crippen MR) is 32.5 cm³/mol. The van der Waals surface area contributed by atoms with Gasteiger partial charge >= 0.3 is 6.09 Å². The summed E-state index contributed by atoms with van der Waals surface area (Å²) in [5.41, 5.74) is 4.54. The summed E-state index contributed by atoms with van der Waals surface area (Å²) in [5.74, 6) is 0. The van der Waals surface area contributed by atoms with E-state index in [-0.39, 0.29) is 6.33 Å². The Kier molecular flexibility index (Phi) is 12.1. The Morgan fingerprint density at radius 2 is 2.33 bits per heavy atom. The van der Waals surface area contributed by atoms with Gasteiger partial charge in [0, 0.05) is 0 Å². The Morgan fingerprint density at radius 1 is 2.00 bits per heavy atom. The first-order chi connectivity index (χ1) is 4.18. The molecule has 0 saturated heterocycles. The minimum absolute atomic E-state index is 0.250. The highest BCUT2D eigenvalue weighted by molar-refractivity contribution is 5.64. The lowest BCUT2D eigenvalue weighted by atomic mass is 10.9. The predicted octanol–water partition coefficient (Wildman–Crippen LogP) is 1.20. The lowest BCUT2D eigenvalue weighted by molar-refractivity contribution is 0.163. The quantitative estimate of drug-likeness (QED) is 0.587. The van der Waals surface area contributed by atoms with E-state index in [0.29, 0.717) is 6.61 Å². The molecule has 0 aliphatic rings. The van der Waals surface area contributed by atoms with Crippen LogP contribution in [-0.4, -0.2) is 12.7 Å². The van der Waals surface area contributed by atoms with Gasteiger partial charge in [-0.2, -0.15) is 0 Å². The lowest BCUT2D eigenvalue weighted by Gasteiger charge is -1.89. The van der Waals surface area contributed by atoms with Gasteiger partial charge in [-0.1, -0.05) is 6.58 Å². The molecule has 9 heavy (non-hydrogen) atoms. The van der Waals surface area contributed by atoms with E-state index < -0.39 is 6.09 Å². The van der Waals surface area contributed by atoms with Gasteiger partial charge in [0.15, 0.2) is 0 Å². The minimum Gasteiger partial charge on any atom is -0.450 e. The number of rotatable bonds is 1. The number of amides is 1. The molecule has 0 aromatic rings. The molecular weight excluding hydrogens is 125 g/mol. The van der Waals surface area contributed by atoms with Gasteiger partial charge in [0.05, 0.1) is 12.9 Å². The van der Waals surface area contributed by atoms with Crippen molar-refractivity contribution in [2.45, 2.75) is 6.92 Å². The van der Waals surface area contributed by atoms with Crippen molar-refractivity contribution < 1.29 is 13.9 Å². The van der Waals surface area contributed by atoms with Crippen molar-refractivity contribution in [1.82, 2.24) is 0 Å². The number of ether oxygens (including phenoxy) is 1. The Morgan fingerprint density at radius 3 is 2.33 bits per heavy atom. The number of hydrogen-bond acceptors (Lipinski definition) is 2. The monoisotopic (exact) mass is 135 g/mol. The highest BCUT2D eigenvalue weighted by atomic mass is 19.1.